The molecule has 0 radical (unpaired) electrons. The summed E-state index contributed by atoms with van der Waals surface area (Å²) in [6.07, 6.45) is 1.80. The number of rotatable bonds is 4. The molecule has 0 atom stereocenters. The number of anilines is 2. The van der Waals surface area contributed by atoms with Crippen LogP contribution in [0.25, 0.3) is 21.4 Å². The molecule has 132 valence electrons. The molecule has 0 aliphatic carbocycles. The van der Waals surface area contributed by atoms with Gasteiger partial charge >= 0.3 is 0 Å². The number of thiazole rings is 1. The predicted octanol–water partition coefficient (Wildman–Crippen LogP) is 5.04. The lowest BCUT2D eigenvalue weighted by Gasteiger charge is -1.99. The van der Waals surface area contributed by atoms with E-state index in [2.05, 4.69) is 31.3 Å². The number of aromatic amines is 1. The Hall–Kier alpha value is -3.32. The lowest BCUT2D eigenvalue weighted by atomic mass is 10.1. The normalized spacial score (nSPS) is 11.3. The Balaban J connectivity index is 1.41. The number of nitrogens with one attached hydrogen (secondary N) is 2. The number of pyridine rings is 1. The molecule has 5 nitrogen and oxygen atoms in total. The fourth-order valence-electron chi connectivity index (χ4n) is 2.98. The molecule has 5 aromatic rings. The van der Waals surface area contributed by atoms with Gasteiger partial charge in [0.05, 0.1) is 21.9 Å². The van der Waals surface area contributed by atoms with Gasteiger partial charge in [-0.25, -0.2) is 19.3 Å². The minimum Gasteiger partial charge on any atom is -0.340 e. The molecule has 0 fully saturated rings. The number of hydrogen-bond donors (Lipinski definition) is 2. The summed E-state index contributed by atoms with van der Waals surface area (Å²) in [6, 6.07) is 17.6. The van der Waals surface area contributed by atoms with Crippen LogP contribution in [0.3, 0.4) is 0 Å². The van der Waals surface area contributed by atoms with Gasteiger partial charge < -0.3 is 10.3 Å². The SMILES string of the molecule is Fc1cnc2nc(Cc3ccc4nc(Nc5ccccc5)sc4c3)[nH]c2c1. The van der Waals surface area contributed by atoms with Gasteiger partial charge in [0.1, 0.15) is 11.6 Å². The second-order valence-electron chi connectivity index (χ2n) is 6.20. The Labute approximate surface area is 157 Å². The van der Waals surface area contributed by atoms with E-state index in [0.29, 0.717) is 17.6 Å². The maximum Gasteiger partial charge on any atom is 0.188 e. The first-order valence-corrected chi connectivity index (χ1v) is 9.26. The second-order valence-corrected chi connectivity index (χ2v) is 7.23. The van der Waals surface area contributed by atoms with E-state index in [1.165, 1.54) is 12.3 Å². The molecule has 0 bridgehead atoms. The largest absolute Gasteiger partial charge is 0.340 e. The van der Waals surface area contributed by atoms with Crippen LogP contribution in [0.5, 0.6) is 0 Å². The van der Waals surface area contributed by atoms with Crippen molar-refractivity contribution in [2.24, 2.45) is 0 Å². The third kappa shape index (κ3) is 3.24. The van der Waals surface area contributed by atoms with Gasteiger partial charge in [-0.15, -0.1) is 0 Å². The van der Waals surface area contributed by atoms with Gasteiger partial charge in [0.15, 0.2) is 10.8 Å². The summed E-state index contributed by atoms with van der Waals surface area (Å²) in [5, 5.41) is 4.19. The second kappa shape index (κ2) is 6.44. The Morgan fingerprint density at radius 1 is 1.04 bits per heavy atom. The maximum atomic E-state index is 13.3. The van der Waals surface area contributed by atoms with Gasteiger partial charge in [0.25, 0.3) is 0 Å². The minimum atomic E-state index is -0.373. The summed E-state index contributed by atoms with van der Waals surface area (Å²) in [5.41, 5.74) is 4.21. The van der Waals surface area contributed by atoms with E-state index in [1.807, 2.05) is 42.5 Å². The lowest BCUT2D eigenvalue weighted by Crippen LogP contribution is -1.90. The van der Waals surface area contributed by atoms with E-state index in [1.54, 1.807) is 11.3 Å². The summed E-state index contributed by atoms with van der Waals surface area (Å²) in [7, 11) is 0. The van der Waals surface area contributed by atoms with Gasteiger partial charge in [0, 0.05) is 18.2 Å². The van der Waals surface area contributed by atoms with Crippen molar-refractivity contribution in [1.82, 2.24) is 19.9 Å². The highest BCUT2D eigenvalue weighted by atomic mass is 32.1. The van der Waals surface area contributed by atoms with Crippen LogP contribution < -0.4 is 5.32 Å². The quantitative estimate of drug-likeness (QED) is 0.462. The van der Waals surface area contributed by atoms with Crippen LogP contribution >= 0.6 is 11.3 Å². The lowest BCUT2D eigenvalue weighted by molar-refractivity contribution is 0.624. The molecule has 27 heavy (non-hydrogen) atoms. The van der Waals surface area contributed by atoms with Crippen LogP contribution in [0.15, 0.2) is 60.8 Å². The fraction of sp³-hybridized carbons (Fsp3) is 0.0500. The number of aromatic nitrogens is 4. The van der Waals surface area contributed by atoms with E-state index < -0.39 is 0 Å². The van der Waals surface area contributed by atoms with Crippen LogP contribution in [0.2, 0.25) is 0 Å². The summed E-state index contributed by atoms with van der Waals surface area (Å²) >= 11 is 1.61. The molecule has 0 saturated heterocycles. The van der Waals surface area contributed by atoms with Crippen LogP contribution in [-0.2, 0) is 6.42 Å². The van der Waals surface area contributed by atoms with E-state index in [4.69, 9.17) is 0 Å². The van der Waals surface area contributed by atoms with E-state index in [9.17, 15) is 4.39 Å². The standard InChI is InChI=1S/C20H14FN5S/c21-13-10-16-19(22-11-13)26-18(24-16)9-12-6-7-15-17(8-12)27-20(25-15)23-14-4-2-1-3-5-14/h1-8,10-11H,9H2,(H,23,25)(H,22,24,26). The zero-order valence-electron chi connectivity index (χ0n) is 14.1. The number of hydrogen-bond acceptors (Lipinski definition) is 5. The van der Waals surface area contributed by atoms with Crippen molar-refractivity contribution in [3.8, 4) is 0 Å². The van der Waals surface area contributed by atoms with Crippen molar-refractivity contribution >= 4 is 43.5 Å². The molecule has 0 spiro atoms. The van der Waals surface area contributed by atoms with Crippen LogP contribution in [0.4, 0.5) is 15.2 Å². The summed E-state index contributed by atoms with van der Waals surface area (Å²) in [6.45, 7) is 0. The molecule has 2 aromatic carbocycles. The zero-order valence-corrected chi connectivity index (χ0v) is 14.9. The van der Waals surface area contributed by atoms with Gasteiger partial charge in [-0.3, -0.25) is 0 Å². The molecule has 0 saturated carbocycles. The molecule has 0 amide bonds. The molecule has 0 aliphatic heterocycles. The highest BCUT2D eigenvalue weighted by molar-refractivity contribution is 7.22. The number of imidazole rings is 1. The first kappa shape index (κ1) is 15.9. The number of nitrogens with zero attached hydrogens (tertiary/aromatic N) is 3. The third-order valence-electron chi connectivity index (χ3n) is 4.20. The van der Waals surface area contributed by atoms with Crippen molar-refractivity contribution in [3.63, 3.8) is 0 Å². The molecule has 3 heterocycles. The Morgan fingerprint density at radius 3 is 2.81 bits per heavy atom. The third-order valence-corrected chi connectivity index (χ3v) is 5.14. The maximum absolute atomic E-state index is 13.3. The highest BCUT2D eigenvalue weighted by Gasteiger charge is 2.09. The number of benzene rings is 2. The van der Waals surface area contributed by atoms with E-state index in [-0.39, 0.29) is 5.82 Å². The molecule has 5 rings (SSSR count). The minimum absolute atomic E-state index is 0.373. The van der Waals surface area contributed by atoms with Crippen LogP contribution in [0.1, 0.15) is 11.4 Å². The number of H-pyrrole nitrogens is 1. The molecule has 7 heteroatoms. The Bertz CT molecular complexity index is 1250. The molecule has 0 unspecified atom stereocenters. The average Bonchev–Trinajstić information content (AvgIpc) is 3.24. The molecule has 3 aromatic heterocycles. The van der Waals surface area contributed by atoms with Gasteiger partial charge in [0.2, 0.25) is 0 Å². The summed E-state index contributed by atoms with van der Waals surface area (Å²) in [5.74, 6) is 0.386. The molecule has 0 aliphatic rings. The van der Waals surface area contributed by atoms with E-state index >= 15 is 0 Å². The van der Waals surface area contributed by atoms with Crippen molar-refractivity contribution in [2.45, 2.75) is 6.42 Å². The average molecular weight is 375 g/mol. The smallest absolute Gasteiger partial charge is 0.188 e. The fourth-order valence-corrected chi connectivity index (χ4v) is 3.93. The predicted molar refractivity (Wildman–Crippen MR) is 106 cm³/mol. The first-order chi connectivity index (χ1) is 13.2. The topological polar surface area (TPSA) is 66.5 Å². The van der Waals surface area contributed by atoms with Crippen molar-refractivity contribution < 1.29 is 4.39 Å². The molecular formula is C20H14FN5S. The Kier molecular flexibility index (Phi) is 3.79. The number of halogens is 1. The molecular weight excluding hydrogens is 361 g/mol. The van der Waals surface area contributed by atoms with Crippen LogP contribution in [-0.4, -0.2) is 19.9 Å². The highest BCUT2D eigenvalue weighted by Crippen LogP contribution is 2.29. The number of fused-ring (bicyclic) bond motifs is 2. The first-order valence-electron chi connectivity index (χ1n) is 8.45. The summed E-state index contributed by atoms with van der Waals surface area (Å²) < 4.78 is 14.4. The monoisotopic (exact) mass is 375 g/mol. The number of para-hydroxylation sites is 1. The zero-order chi connectivity index (χ0) is 18.2. The van der Waals surface area contributed by atoms with Gasteiger partial charge in [-0.1, -0.05) is 35.6 Å². The Morgan fingerprint density at radius 2 is 1.93 bits per heavy atom. The van der Waals surface area contributed by atoms with E-state index in [0.717, 1.165) is 32.4 Å². The summed E-state index contributed by atoms with van der Waals surface area (Å²) in [4.78, 5) is 16.2. The van der Waals surface area contributed by atoms with Crippen molar-refractivity contribution in [2.75, 3.05) is 5.32 Å². The van der Waals surface area contributed by atoms with Crippen molar-refractivity contribution in [3.05, 3.63) is 78.0 Å². The van der Waals surface area contributed by atoms with Crippen molar-refractivity contribution in [1.29, 1.82) is 0 Å². The molecule has 2 N–H and O–H groups in total. The van der Waals surface area contributed by atoms with Gasteiger partial charge in [-0.2, -0.15) is 0 Å². The van der Waals surface area contributed by atoms with Gasteiger partial charge in [-0.05, 0) is 29.8 Å². The van der Waals surface area contributed by atoms with Crippen LogP contribution in [0, 0.1) is 5.82 Å².